The number of hydrogen-bond acceptors (Lipinski definition) is 3. The third-order valence-corrected chi connectivity index (χ3v) is 1.97. The van der Waals surface area contributed by atoms with Crippen molar-refractivity contribution in [3.8, 4) is 0 Å². The van der Waals surface area contributed by atoms with Gasteiger partial charge in [0, 0.05) is 0 Å². The van der Waals surface area contributed by atoms with Gasteiger partial charge in [0.15, 0.2) is 0 Å². The Labute approximate surface area is 85.1 Å². The zero-order valence-electron chi connectivity index (χ0n) is 9.08. The average Bonchev–Trinajstić information content (AvgIpc) is 2.16. The maximum absolute atomic E-state index is 11.1. The number of ketones is 1. The molecule has 3 heteroatoms. The van der Waals surface area contributed by atoms with Crippen molar-refractivity contribution in [2.75, 3.05) is 7.11 Å². The predicted octanol–water partition coefficient (Wildman–Crippen LogP) is 2.11. The van der Waals surface area contributed by atoms with E-state index >= 15 is 0 Å². The van der Waals surface area contributed by atoms with E-state index in [4.69, 9.17) is 0 Å². The molecule has 0 aliphatic heterocycles. The SMILES string of the molecule is CCCC=CCC(C(C)=O)C(=O)OC. The van der Waals surface area contributed by atoms with E-state index in [1.54, 1.807) is 0 Å². The first-order chi connectivity index (χ1) is 6.63. The Hall–Kier alpha value is -1.12. The highest BCUT2D eigenvalue weighted by atomic mass is 16.5. The van der Waals surface area contributed by atoms with Crippen LogP contribution in [-0.4, -0.2) is 18.9 Å². The molecule has 0 radical (unpaired) electrons. The van der Waals surface area contributed by atoms with Gasteiger partial charge in [-0.1, -0.05) is 25.5 Å². The Morgan fingerprint density at radius 2 is 2.00 bits per heavy atom. The Balaban J connectivity index is 4.11. The molecule has 1 atom stereocenters. The van der Waals surface area contributed by atoms with Crippen LogP contribution in [0.25, 0.3) is 0 Å². The van der Waals surface area contributed by atoms with Gasteiger partial charge in [0.1, 0.15) is 11.7 Å². The molecule has 14 heavy (non-hydrogen) atoms. The van der Waals surface area contributed by atoms with Gasteiger partial charge in [0.2, 0.25) is 0 Å². The van der Waals surface area contributed by atoms with Crippen LogP contribution in [0.2, 0.25) is 0 Å². The fraction of sp³-hybridized carbons (Fsp3) is 0.636. The van der Waals surface area contributed by atoms with Gasteiger partial charge < -0.3 is 4.74 Å². The van der Waals surface area contributed by atoms with E-state index < -0.39 is 11.9 Å². The average molecular weight is 198 g/mol. The van der Waals surface area contributed by atoms with Crippen molar-refractivity contribution in [3.63, 3.8) is 0 Å². The standard InChI is InChI=1S/C11H18O3/c1-4-5-6-7-8-10(9(2)12)11(13)14-3/h6-7,10H,4-5,8H2,1-3H3. The maximum atomic E-state index is 11.1. The summed E-state index contributed by atoms with van der Waals surface area (Å²) < 4.78 is 4.54. The molecule has 0 aromatic carbocycles. The molecule has 3 nitrogen and oxygen atoms in total. The quantitative estimate of drug-likeness (QED) is 0.373. The van der Waals surface area contributed by atoms with Gasteiger partial charge in [0.25, 0.3) is 0 Å². The van der Waals surface area contributed by atoms with Crippen LogP contribution in [0.4, 0.5) is 0 Å². The zero-order chi connectivity index (χ0) is 11.0. The van der Waals surface area contributed by atoms with E-state index in [0.29, 0.717) is 6.42 Å². The van der Waals surface area contributed by atoms with E-state index in [1.165, 1.54) is 14.0 Å². The second kappa shape index (κ2) is 7.30. The molecule has 0 aliphatic rings. The fourth-order valence-electron chi connectivity index (χ4n) is 1.09. The Kier molecular flexibility index (Phi) is 6.72. The lowest BCUT2D eigenvalue weighted by Crippen LogP contribution is -2.22. The summed E-state index contributed by atoms with van der Waals surface area (Å²) in [7, 11) is 1.30. The minimum atomic E-state index is -0.631. The van der Waals surface area contributed by atoms with Crippen molar-refractivity contribution in [1.29, 1.82) is 0 Å². The fourth-order valence-corrected chi connectivity index (χ4v) is 1.09. The summed E-state index contributed by atoms with van der Waals surface area (Å²) in [6.07, 6.45) is 6.35. The van der Waals surface area contributed by atoms with Gasteiger partial charge in [-0.05, 0) is 19.8 Å². The van der Waals surface area contributed by atoms with Crippen molar-refractivity contribution >= 4 is 11.8 Å². The summed E-state index contributed by atoms with van der Waals surface area (Å²) in [5.41, 5.74) is 0. The third-order valence-electron chi connectivity index (χ3n) is 1.97. The van der Waals surface area contributed by atoms with Gasteiger partial charge in [-0.15, -0.1) is 0 Å². The number of rotatable bonds is 6. The van der Waals surface area contributed by atoms with E-state index in [1.807, 2.05) is 12.2 Å². The van der Waals surface area contributed by atoms with Crippen LogP contribution >= 0.6 is 0 Å². The number of allylic oxidation sites excluding steroid dienone is 2. The van der Waals surface area contributed by atoms with E-state index in [-0.39, 0.29) is 5.78 Å². The van der Waals surface area contributed by atoms with Crippen LogP contribution in [0, 0.1) is 5.92 Å². The van der Waals surface area contributed by atoms with Crippen molar-refractivity contribution in [3.05, 3.63) is 12.2 Å². The predicted molar refractivity (Wildman–Crippen MR) is 54.9 cm³/mol. The smallest absolute Gasteiger partial charge is 0.316 e. The van der Waals surface area contributed by atoms with Crippen LogP contribution < -0.4 is 0 Å². The topological polar surface area (TPSA) is 43.4 Å². The molecule has 0 amide bonds. The lowest BCUT2D eigenvalue weighted by Gasteiger charge is -2.07. The summed E-state index contributed by atoms with van der Waals surface area (Å²) in [5, 5.41) is 0. The van der Waals surface area contributed by atoms with Crippen molar-refractivity contribution in [2.24, 2.45) is 5.92 Å². The Bertz CT molecular complexity index is 219. The first-order valence-electron chi connectivity index (χ1n) is 4.86. The third kappa shape index (κ3) is 4.80. The number of Topliss-reactive ketones (excluding diaryl/α,β-unsaturated/α-hetero) is 1. The number of carbonyl (C=O) groups excluding carboxylic acids is 2. The molecular weight excluding hydrogens is 180 g/mol. The van der Waals surface area contributed by atoms with E-state index in [9.17, 15) is 9.59 Å². The molecule has 0 rings (SSSR count). The summed E-state index contributed by atoms with van der Waals surface area (Å²) in [5.74, 6) is -1.22. The van der Waals surface area contributed by atoms with Crippen LogP contribution in [0.3, 0.4) is 0 Å². The summed E-state index contributed by atoms with van der Waals surface area (Å²) in [4.78, 5) is 22.2. The second-order valence-electron chi connectivity index (χ2n) is 3.18. The van der Waals surface area contributed by atoms with E-state index in [2.05, 4.69) is 11.7 Å². The molecule has 1 unspecified atom stereocenters. The largest absolute Gasteiger partial charge is 0.468 e. The molecular formula is C11H18O3. The highest BCUT2D eigenvalue weighted by molar-refractivity contribution is 5.97. The number of unbranched alkanes of at least 4 members (excludes halogenated alkanes) is 1. The molecule has 0 saturated heterocycles. The molecule has 80 valence electrons. The van der Waals surface area contributed by atoms with Crippen LogP contribution in [0.5, 0.6) is 0 Å². The van der Waals surface area contributed by atoms with Crippen LogP contribution in [0.15, 0.2) is 12.2 Å². The highest BCUT2D eigenvalue weighted by Crippen LogP contribution is 2.08. The number of methoxy groups -OCH3 is 1. The minimum Gasteiger partial charge on any atom is -0.468 e. The molecule has 0 spiro atoms. The van der Waals surface area contributed by atoms with E-state index in [0.717, 1.165) is 12.8 Å². The zero-order valence-corrected chi connectivity index (χ0v) is 9.08. The first-order valence-corrected chi connectivity index (χ1v) is 4.86. The first kappa shape index (κ1) is 12.9. The minimum absolute atomic E-state index is 0.141. The number of hydrogen-bond donors (Lipinski definition) is 0. The lowest BCUT2D eigenvalue weighted by atomic mass is 10.0. The number of carbonyl (C=O) groups is 2. The van der Waals surface area contributed by atoms with Crippen LogP contribution in [-0.2, 0) is 14.3 Å². The molecule has 0 bridgehead atoms. The van der Waals surface area contributed by atoms with Gasteiger partial charge in [0.05, 0.1) is 7.11 Å². The molecule has 0 saturated carbocycles. The lowest BCUT2D eigenvalue weighted by molar-refractivity contribution is -0.148. The summed E-state index contributed by atoms with van der Waals surface area (Å²) in [6.45, 7) is 3.49. The molecule has 0 fully saturated rings. The molecule has 0 aromatic heterocycles. The molecule has 0 aliphatic carbocycles. The molecule has 0 aromatic rings. The summed E-state index contributed by atoms with van der Waals surface area (Å²) >= 11 is 0. The second-order valence-corrected chi connectivity index (χ2v) is 3.18. The number of ether oxygens (including phenoxy) is 1. The van der Waals surface area contributed by atoms with Crippen molar-refractivity contribution in [1.82, 2.24) is 0 Å². The van der Waals surface area contributed by atoms with Crippen molar-refractivity contribution in [2.45, 2.75) is 33.1 Å². The van der Waals surface area contributed by atoms with Gasteiger partial charge in [-0.25, -0.2) is 0 Å². The van der Waals surface area contributed by atoms with Gasteiger partial charge in [-0.2, -0.15) is 0 Å². The van der Waals surface area contributed by atoms with Crippen molar-refractivity contribution < 1.29 is 14.3 Å². The molecule has 0 heterocycles. The Morgan fingerprint density at radius 3 is 2.43 bits per heavy atom. The Morgan fingerprint density at radius 1 is 1.36 bits per heavy atom. The normalized spacial score (nSPS) is 12.8. The number of esters is 1. The van der Waals surface area contributed by atoms with Gasteiger partial charge in [-0.3, -0.25) is 9.59 Å². The van der Waals surface area contributed by atoms with Crippen LogP contribution in [0.1, 0.15) is 33.1 Å². The summed E-state index contributed by atoms with van der Waals surface area (Å²) in [6, 6.07) is 0. The maximum Gasteiger partial charge on any atom is 0.316 e. The van der Waals surface area contributed by atoms with Gasteiger partial charge >= 0.3 is 5.97 Å². The highest BCUT2D eigenvalue weighted by Gasteiger charge is 2.22. The molecule has 0 N–H and O–H groups in total. The monoisotopic (exact) mass is 198 g/mol.